The smallest absolute Gasteiger partial charge is 0.355 e. The highest BCUT2D eigenvalue weighted by Crippen LogP contribution is 2.15. The van der Waals surface area contributed by atoms with Crippen LogP contribution in [0.15, 0.2) is 48.7 Å². The molecule has 0 atom stereocenters. The van der Waals surface area contributed by atoms with E-state index in [1.807, 2.05) is 24.3 Å². The van der Waals surface area contributed by atoms with Crippen molar-refractivity contribution < 1.29 is 14.3 Å². The molecule has 6 nitrogen and oxygen atoms in total. The molecule has 0 bridgehead atoms. The summed E-state index contributed by atoms with van der Waals surface area (Å²) >= 11 is 5.70. The number of nitrogens with one attached hydrogen (secondary N) is 2. The molecule has 1 aromatic carbocycles. The summed E-state index contributed by atoms with van der Waals surface area (Å²) in [6.45, 7) is -0.404. The number of halogens is 1. The van der Waals surface area contributed by atoms with Crippen molar-refractivity contribution in [1.82, 2.24) is 9.97 Å². The van der Waals surface area contributed by atoms with Gasteiger partial charge in [-0.25, -0.2) is 9.78 Å². The fourth-order valence-electron chi connectivity index (χ4n) is 2.02. The number of nitrogens with zero attached hydrogens (tertiary/aromatic N) is 1. The van der Waals surface area contributed by atoms with Crippen molar-refractivity contribution in [2.75, 3.05) is 11.9 Å². The quantitative estimate of drug-likeness (QED) is 0.721. The van der Waals surface area contributed by atoms with Crippen LogP contribution < -0.4 is 5.32 Å². The third-order valence-corrected chi connectivity index (χ3v) is 3.30. The Hall–Kier alpha value is -2.86. The number of benzene rings is 1. The Kier molecular flexibility index (Phi) is 4.25. The first kappa shape index (κ1) is 15.1. The van der Waals surface area contributed by atoms with Gasteiger partial charge in [0.15, 0.2) is 6.61 Å². The van der Waals surface area contributed by atoms with E-state index >= 15 is 0 Å². The summed E-state index contributed by atoms with van der Waals surface area (Å²) in [7, 11) is 0. The van der Waals surface area contributed by atoms with Gasteiger partial charge in [-0.15, -0.1) is 0 Å². The monoisotopic (exact) mass is 329 g/mol. The van der Waals surface area contributed by atoms with E-state index in [9.17, 15) is 9.59 Å². The summed E-state index contributed by atoms with van der Waals surface area (Å²) < 4.78 is 4.98. The number of esters is 1. The van der Waals surface area contributed by atoms with Gasteiger partial charge in [-0.2, -0.15) is 0 Å². The first-order valence-corrected chi connectivity index (χ1v) is 7.16. The normalized spacial score (nSPS) is 10.5. The predicted molar refractivity (Wildman–Crippen MR) is 86.5 cm³/mol. The Morgan fingerprint density at radius 1 is 1.22 bits per heavy atom. The van der Waals surface area contributed by atoms with Crippen molar-refractivity contribution in [3.63, 3.8) is 0 Å². The van der Waals surface area contributed by atoms with Crippen LogP contribution >= 0.6 is 11.6 Å². The van der Waals surface area contributed by atoms with Gasteiger partial charge in [0.05, 0.1) is 5.02 Å². The zero-order valence-corrected chi connectivity index (χ0v) is 12.6. The molecule has 3 rings (SSSR count). The van der Waals surface area contributed by atoms with Crippen LogP contribution in [-0.2, 0) is 9.53 Å². The number of H-pyrrole nitrogens is 1. The van der Waals surface area contributed by atoms with E-state index in [-0.39, 0.29) is 0 Å². The molecular weight excluding hydrogens is 318 g/mol. The van der Waals surface area contributed by atoms with Crippen LogP contribution in [0.3, 0.4) is 0 Å². The molecule has 0 saturated carbocycles. The summed E-state index contributed by atoms with van der Waals surface area (Å²) in [6.07, 6.45) is 1.41. The second-order valence-electron chi connectivity index (χ2n) is 4.76. The number of carbonyl (C=O) groups excluding carboxylic acids is 2. The molecule has 2 aromatic heterocycles. The molecule has 116 valence electrons. The average Bonchev–Trinajstić information content (AvgIpc) is 2.99. The number of carbonyl (C=O) groups is 2. The number of pyridine rings is 1. The van der Waals surface area contributed by atoms with Crippen LogP contribution in [0, 0.1) is 0 Å². The van der Waals surface area contributed by atoms with Crippen molar-refractivity contribution in [3.8, 4) is 0 Å². The number of aromatic amines is 1. The number of ether oxygens (including phenoxy) is 1. The first-order chi connectivity index (χ1) is 11.1. The van der Waals surface area contributed by atoms with E-state index in [1.165, 1.54) is 6.20 Å². The van der Waals surface area contributed by atoms with Gasteiger partial charge in [0, 0.05) is 17.1 Å². The Morgan fingerprint density at radius 2 is 2.04 bits per heavy atom. The van der Waals surface area contributed by atoms with E-state index in [1.54, 1.807) is 18.2 Å². The van der Waals surface area contributed by atoms with E-state index in [0.29, 0.717) is 16.5 Å². The lowest BCUT2D eigenvalue weighted by Crippen LogP contribution is -2.21. The second kappa shape index (κ2) is 6.50. The average molecular weight is 330 g/mol. The summed E-state index contributed by atoms with van der Waals surface area (Å²) in [5.74, 6) is -0.745. The molecule has 1 amide bonds. The summed E-state index contributed by atoms with van der Waals surface area (Å²) in [5.41, 5.74) is 1.12. The molecule has 0 aliphatic heterocycles. The van der Waals surface area contributed by atoms with Gasteiger partial charge in [0.25, 0.3) is 5.91 Å². The zero-order chi connectivity index (χ0) is 16.2. The largest absolute Gasteiger partial charge is 0.451 e. The van der Waals surface area contributed by atoms with E-state index in [2.05, 4.69) is 15.3 Å². The van der Waals surface area contributed by atoms with Crippen molar-refractivity contribution in [3.05, 3.63) is 59.4 Å². The van der Waals surface area contributed by atoms with Gasteiger partial charge in [-0.3, -0.25) is 4.79 Å². The Bertz CT molecular complexity index is 825. The fraction of sp³-hybridized carbons (Fsp3) is 0.0625. The minimum Gasteiger partial charge on any atom is -0.451 e. The van der Waals surface area contributed by atoms with Gasteiger partial charge in [-0.1, -0.05) is 29.8 Å². The standard InChI is InChI=1S/C16H12ClN3O3/c17-11-5-6-14(18-8-11)20-15(21)9-23-16(22)13-7-10-3-1-2-4-12(10)19-13/h1-8,19H,9H2,(H,18,20,21). The van der Waals surface area contributed by atoms with Gasteiger partial charge >= 0.3 is 5.97 Å². The number of aromatic nitrogens is 2. The van der Waals surface area contributed by atoms with E-state index in [0.717, 1.165) is 10.9 Å². The molecule has 0 aliphatic rings. The fourth-order valence-corrected chi connectivity index (χ4v) is 2.13. The van der Waals surface area contributed by atoms with Crippen molar-refractivity contribution in [2.45, 2.75) is 0 Å². The SMILES string of the molecule is O=C(COC(=O)c1cc2ccccc2[nH]1)Nc1ccc(Cl)cn1. The number of hydrogen-bond donors (Lipinski definition) is 2. The highest BCUT2D eigenvalue weighted by molar-refractivity contribution is 6.30. The minimum absolute atomic E-state index is 0.295. The third kappa shape index (κ3) is 3.67. The van der Waals surface area contributed by atoms with Crippen LogP contribution in [0.25, 0.3) is 10.9 Å². The van der Waals surface area contributed by atoms with Crippen molar-refractivity contribution in [1.29, 1.82) is 0 Å². The number of anilines is 1. The predicted octanol–water partition coefficient (Wildman–Crippen LogP) is 3.01. The molecule has 0 radical (unpaired) electrons. The molecule has 0 unspecified atom stereocenters. The van der Waals surface area contributed by atoms with Gasteiger partial charge in [0.2, 0.25) is 0 Å². The Labute approximate surface area is 136 Å². The topological polar surface area (TPSA) is 84.1 Å². The Balaban J connectivity index is 1.57. The molecule has 3 aromatic rings. The lowest BCUT2D eigenvalue weighted by atomic mass is 10.2. The van der Waals surface area contributed by atoms with Crippen LogP contribution in [0.5, 0.6) is 0 Å². The second-order valence-corrected chi connectivity index (χ2v) is 5.19. The summed E-state index contributed by atoms with van der Waals surface area (Å²) in [4.78, 5) is 30.5. The summed E-state index contributed by atoms with van der Waals surface area (Å²) in [5, 5.41) is 3.87. The highest BCUT2D eigenvalue weighted by atomic mass is 35.5. The summed E-state index contributed by atoms with van der Waals surface area (Å²) in [6, 6.07) is 12.3. The zero-order valence-electron chi connectivity index (χ0n) is 11.9. The van der Waals surface area contributed by atoms with Crippen molar-refractivity contribution in [2.24, 2.45) is 0 Å². The number of hydrogen-bond acceptors (Lipinski definition) is 4. The third-order valence-electron chi connectivity index (χ3n) is 3.08. The van der Waals surface area contributed by atoms with Gasteiger partial charge in [0.1, 0.15) is 11.5 Å². The number of para-hydroxylation sites is 1. The van der Waals surface area contributed by atoms with Crippen LogP contribution in [-0.4, -0.2) is 28.5 Å². The lowest BCUT2D eigenvalue weighted by Gasteiger charge is -2.05. The molecule has 2 N–H and O–H groups in total. The van der Waals surface area contributed by atoms with Crippen LogP contribution in [0.4, 0.5) is 5.82 Å². The van der Waals surface area contributed by atoms with Crippen LogP contribution in [0.1, 0.15) is 10.5 Å². The molecule has 7 heteroatoms. The lowest BCUT2D eigenvalue weighted by molar-refractivity contribution is -0.119. The Morgan fingerprint density at radius 3 is 2.78 bits per heavy atom. The van der Waals surface area contributed by atoms with E-state index < -0.39 is 18.5 Å². The van der Waals surface area contributed by atoms with Crippen molar-refractivity contribution >= 4 is 40.2 Å². The molecular formula is C16H12ClN3O3. The van der Waals surface area contributed by atoms with E-state index in [4.69, 9.17) is 16.3 Å². The maximum Gasteiger partial charge on any atom is 0.355 e. The van der Waals surface area contributed by atoms with Crippen LogP contribution in [0.2, 0.25) is 5.02 Å². The highest BCUT2D eigenvalue weighted by Gasteiger charge is 2.13. The molecule has 2 heterocycles. The molecule has 0 saturated heterocycles. The molecule has 23 heavy (non-hydrogen) atoms. The number of fused-ring (bicyclic) bond motifs is 1. The minimum atomic E-state index is -0.597. The molecule has 0 fully saturated rings. The number of amides is 1. The first-order valence-electron chi connectivity index (χ1n) is 6.78. The van der Waals surface area contributed by atoms with Gasteiger partial charge in [-0.05, 0) is 24.3 Å². The molecule has 0 spiro atoms. The number of rotatable bonds is 4. The maximum absolute atomic E-state index is 11.9. The molecule has 0 aliphatic carbocycles. The van der Waals surface area contributed by atoms with Gasteiger partial charge < -0.3 is 15.0 Å². The maximum atomic E-state index is 11.9.